The normalized spacial score (nSPS) is 19.2. The molecular weight excluding hydrogens is 320 g/mol. The second kappa shape index (κ2) is 6.49. The van der Waals surface area contributed by atoms with Crippen molar-refractivity contribution < 1.29 is 8.42 Å². The van der Waals surface area contributed by atoms with Crippen LogP contribution in [0.15, 0.2) is 29.1 Å². The molecule has 0 fully saturated rings. The van der Waals surface area contributed by atoms with E-state index in [1.807, 2.05) is 10.7 Å². The predicted molar refractivity (Wildman–Crippen MR) is 87.2 cm³/mol. The maximum absolute atomic E-state index is 11.7. The number of rotatable bonds is 6. The van der Waals surface area contributed by atoms with Gasteiger partial charge in [-0.25, -0.2) is 13.1 Å². The first-order valence-corrected chi connectivity index (χ1v) is 9.90. The van der Waals surface area contributed by atoms with Gasteiger partial charge in [-0.15, -0.1) is 0 Å². The summed E-state index contributed by atoms with van der Waals surface area (Å²) in [5.41, 5.74) is 2.42. The number of fused-ring (bicyclic) bond motifs is 1. The summed E-state index contributed by atoms with van der Waals surface area (Å²) >= 11 is 1.70. The highest BCUT2D eigenvalue weighted by atomic mass is 32.2. The summed E-state index contributed by atoms with van der Waals surface area (Å²) in [7, 11) is -3.18. The zero-order valence-corrected chi connectivity index (χ0v) is 14.1. The number of thiophene rings is 1. The van der Waals surface area contributed by atoms with Gasteiger partial charge in [0.25, 0.3) is 0 Å². The molecule has 1 N–H and O–H groups in total. The third kappa shape index (κ3) is 3.57. The molecular formula is C14H20N4O2S2. The molecule has 2 aromatic rings. The summed E-state index contributed by atoms with van der Waals surface area (Å²) in [6.07, 6.45) is 1.78. The zero-order chi connectivity index (χ0) is 15.6. The van der Waals surface area contributed by atoms with Gasteiger partial charge in [-0.2, -0.15) is 16.4 Å². The monoisotopic (exact) mass is 340 g/mol. The Morgan fingerprint density at radius 2 is 2.32 bits per heavy atom. The lowest BCUT2D eigenvalue weighted by molar-refractivity contribution is 0.168. The van der Waals surface area contributed by atoms with Crippen LogP contribution in [0.4, 0.5) is 0 Å². The molecule has 2 aromatic heterocycles. The lowest BCUT2D eigenvalue weighted by Gasteiger charge is -2.33. The van der Waals surface area contributed by atoms with E-state index in [2.05, 4.69) is 31.5 Å². The number of aromatic nitrogens is 2. The smallest absolute Gasteiger partial charge is 0.211 e. The van der Waals surface area contributed by atoms with Gasteiger partial charge < -0.3 is 0 Å². The van der Waals surface area contributed by atoms with Crippen LogP contribution in [0.1, 0.15) is 24.2 Å². The van der Waals surface area contributed by atoms with Crippen LogP contribution in [-0.2, 0) is 23.1 Å². The first kappa shape index (κ1) is 15.7. The summed E-state index contributed by atoms with van der Waals surface area (Å²) in [6.45, 7) is 4.53. The zero-order valence-electron chi connectivity index (χ0n) is 12.5. The van der Waals surface area contributed by atoms with E-state index in [4.69, 9.17) is 0 Å². The molecule has 6 nitrogen and oxygen atoms in total. The van der Waals surface area contributed by atoms with Crippen molar-refractivity contribution in [1.29, 1.82) is 0 Å². The van der Waals surface area contributed by atoms with Gasteiger partial charge in [0.1, 0.15) is 0 Å². The highest BCUT2D eigenvalue weighted by Gasteiger charge is 2.26. The number of sulfonamides is 1. The van der Waals surface area contributed by atoms with E-state index in [0.717, 1.165) is 25.3 Å². The molecule has 120 valence electrons. The van der Waals surface area contributed by atoms with Crippen molar-refractivity contribution in [2.75, 3.05) is 18.8 Å². The SMILES string of the molecule is CCS(=O)(=O)NCC1CN(Cc2ccsc2)Cc2ccnn21. The average molecular weight is 340 g/mol. The largest absolute Gasteiger partial charge is 0.291 e. The van der Waals surface area contributed by atoms with Crippen molar-refractivity contribution >= 4 is 21.4 Å². The Balaban J connectivity index is 1.72. The Kier molecular flexibility index (Phi) is 4.62. The molecule has 22 heavy (non-hydrogen) atoms. The summed E-state index contributed by atoms with van der Waals surface area (Å²) in [6, 6.07) is 4.16. The van der Waals surface area contributed by atoms with Gasteiger partial charge in [0.05, 0.1) is 17.5 Å². The Morgan fingerprint density at radius 1 is 1.45 bits per heavy atom. The van der Waals surface area contributed by atoms with E-state index in [0.29, 0.717) is 6.54 Å². The molecule has 0 aromatic carbocycles. The summed E-state index contributed by atoms with van der Waals surface area (Å²) in [4.78, 5) is 2.34. The highest BCUT2D eigenvalue weighted by Crippen LogP contribution is 2.22. The molecule has 0 saturated carbocycles. The lowest BCUT2D eigenvalue weighted by atomic mass is 10.1. The molecule has 0 amide bonds. The third-order valence-electron chi connectivity index (χ3n) is 3.86. The Hall–Kier alpha value is -1.22. The summed E-state index contributed by atoms with van der Waals surface area (Å²) in [5, 5.41) is 8.59. The van der Waals surface area contributed by atoms with Crippen molar-refractivity contribution in [3.05, 3.63) is 40.3 Å². The summed E-state index contributed by atoms with van der Waals surface area (Å²) < 4.78 is 28.0. The first-order valence-electron chi connectivity index (χ1n) is 7.30. The number of hydrogen-bond acceptors (Lipinski definition) is 5. The van der Waals surface area contributed by atoms with Crippen LogP contribution in [0.2, 0.25) is 0 Å². The molecule has 0 bridgehead atoms. The minimum absolute atomic E-state index is 0.0266. The third-order valence-corrected chi connectivity index (χ3v) is 5.96. The maximum Gasteiger partial charge on any atom is 0.211 e. The fourth-order valence-electron chi connectivity index (χ4n) is 2.70. The number of nitrogens with zero attached hydrogens (tertiary/aromatic N) is 3. The van der Waals surface area contributed by atoms with Crippen LogP contribution >= 0.6 is 11.3 Å². The molecule has 0 aliphatic carbocycles. The van der Waals surface area contributed by atoms with E-state index in [9.17, 15) is 8.42 Å². The molecule has 3 heterocycles. The molecule has 0 spiro atoms. The van der Waals surface area contributed by atoms with Crippen molar-refractivity contribution in [1.82, 2.24) is 19.4 Å². The van der Waals surface area contributed by atoms with Gasteiger partial charge in [-0.1, -0.05) is 0 Å². The standard InChI is InChI=1S/C14H20N4O2S2/c1-2-22(19,20)16-7-14-10-17(8-12-4-6-21-11-12)9-13-3-5-15-18(13)14/h3-6,11,14,16H,2,7-10H2,1H3. The fourth-order valence-corrected chi connectivity index (χ4v) is 4.01. The quantitative estimate of drug-likeness (QED) is 0.864. The van der Waals surface area contributed by atoms with Crippen LogP contribution in [0, 0.1) is 0 Å². The van der Waals surface area contributed by atoms with E-state index < -0.39 is 10.0 Å². The molecule has 0 radical (unpaired) electrons. The van der Waals surface area contributed by atoms with Crippen LogP contribution in [0.25, 0.3) is 0 Å². The van der Waals surface area contributed by atoms with Crippen LogP contribution in [0.3, 0.4) is 0 Å². The Morgan fingerprint density at radius 3 is 3.05 bits per heavy atom. The lowest BCUT2D eigenvalue weighted by Crippen LogP contribution is -2.42. The first-order chi connectivity index (χ1) is 10.6. The van der Waals surface area contributed by atoms with Gasteiger partial charge in [0.15, 0.2) is 0 Å². The van der Waals surface area contributed by atoms with Gasteiger partial charge in [-0.3, -0.25) is 9.58 Å². The van der Waals surface area contributed by atoms with E-state index in [-0.39, 0.29) is 11.8 Å². The van der Waals surface area contributed by atoms with Crippen LogP contribution in [-0.4, -0.2) is 41.9 Å². The molecule has 0 saturated heterocycles. The van der Waals surface area contributed by atoms with Gasteiger partial charge >= 0.3 is 0 Å². The molecule has 1 atom stereocenters. The second-order valence-corrected chi connectivity index (χ2v) is 8.35. The Labute approximate surface area is 134 Å². The van der Waals surface area contributed by atoms with Crippen molar-refractivity contribution in [2.24, 2.45) is 0 Å². The molecule has 1 aliphatic heterocycles. The summed E-state index contributed by atoms with van der Waals surface area (Å²) in [5.74, 6) is 0.101. The van der Waals surface area contributed by atoms with Crippen LogP contribution in [0.5, 0.6) is 0 Å². The van der Waals surface area contributed by atoms with Crippen molar-refractivity contribution in [3.63, 3.8) is 0 Å². The number of hydrogen-bond donors (Lipinski definition) is 1. The molecule has 8 heteroatoms. The van der Waals surface area contributed by atoms with Crippen molar-refractivity contribution in [2.45, 2.75) is 26.1 Å². The van der Waals surface area contributed by atoms with E-state index in [1.54, 1.807) is 24.5 Å². The second-order valence-electron chi connectivity index (χ2n) is 5.47. The maximum atomic E-state index is 11.7. The Bertz CT molecular complexity index is 709. The minimum Gasteiger partial charge on any atom is -0.291 e. The fraction of sp³-hybridized carbons (Fsp3) is 0.500. The minimum atomic E-state index is -3.18. The predicted octanol–water partition coefficient (Wildman–Crippen LogP) is 1.44. The molecule has 1 unspecified atom stereocenters. The van der Waals surface area contributed by atoms with Gasteiger partial charge in [-0.05, 0) is 35.4 Å². The van der Waals surface area contributed by atoms with Gasteiger partial charge in [0, 0.05) is 32.4 Å². The van der Waals surface area contributed by atoms with Crippen molar-refractivity contribution in [3.8, 4) is 0 Å². The van der Waals surface area contributed by atoms with Crippen LogP contribution < -0.4 is 4.72 Å². The highest BCUT2D eigenvalue weighted by molar-refractivity contribution is 7.89. The molecule has 3 rings (SSSR count). The average Bonchev–Trinajstić information content (AvgIpc) is 3.16. The van der Waals surface area contributed by atoms with E-state index >= 15 is 0 Å². The molecule has 1 aliphatic rings. The van der Waals surface area contributed by atoms with E-state index in [1.165, 1.54) is 5.56 Å². The van der Waals surface area contributed by atoms with Gasteiger partial charge in [0.2, 0.25) is 10.0 Å². The topological polar surface area (TPSA) is 67.2 Å². The number of nitrogens with one attached hydrogen (secondary N) is 1.